The van der Waals surface area contributed by atoms with E-state index in [1.54, 1.807) is 49.7 Å². The van der Waals surface area contributed by atoms with Crippen LogP contribution in [-0.2, 0) is 9.53 Å². The monoisotopic (exact) mass is 310 g/mol. The smallest absolute Gasteiger partial charge is 0.342 e. The molecule has 0 aromatic carbocycles. The number of furan rings is 1. The van der Waals surface area contributed by atoms with E-state index < -0.39 is 5.97 Å². The number of aromatic amines is 1. The van der Waals surface area contributed by atoms with Gasteiger partial charge in [0.25, 0.3) is 0 Å². The topological polar surface area (TPSA) is 93.9 Å². The second-order valence-electron chi connectivity index (χ2n) is 4.54. The lowest BCUT2D eigenvalue weighted by Crippen LogP contribution is -2.08. The molecule has 0 aliphatic carbocycles. The van der Waals surface area contributed by atoms with Gasteiger partial charge in [0.1, 0.15) is 11.3 Å². The summed E-state index contributed by atoms with van der Waals surface area (Å²) in [6.07, 6.45) is 6.39. The number of pyridine rings is 1. The molecule has 0 amide bonds. The van der Waals surface area contributed by atoms with Crippen molar-refractivity contribution in [2.24, 2.45) is 0 Å². The van der Waals surface area contributed by atoms with Gasteiger partial charge in [0.2, 0.25) is 0 Å². The summed E-state index contributed by atoms with van der Waals surface area (Å²) >= 11 is 0. The van der Waals surface area contributed by atoms with Crippen molar-refractivity contribution in [2.45, 2.75) is 6.92 Å². The van der Waals surface area contributed by atoms with Crippen LogP contribution in [0.5, 0.6) is 0 Å². The Kier molecular flexibility index (Phi) is 4.28. The summed E-state index contributed by atoms with van der Waals surface area (Å²) in [5.74, 6) is 0.806. The molecule has 0 radical (unpaired) electrons. The fourth-order valence-electron chi connectivity index (χ4n) is 1.96. The number of rotatable bonds is 5. The van der Waals surface area contributed by atoms with Crippen LogP contribution < -0.4 is 0 Å². The highest BCUT2D eigenvalue weighted by atomic mass is 16.5. The minimum Gasteiger partial charge on any atom is -0.465 e. The van der Waals surface area contributed by atoms with Crippen molar-refractivity contribution in [2.75, 3.05) is 6.61 Å². The number of aromatic nitrogens is 4. The predicted molar refractivity (Wildman–Crippen MR) is 82.8 cm³/mol. The average molecular weight is 310 g/mol. The van der Waals surface area contributed by atoms with Crippen molar-refractivity contribution in [3.05, 3.63) is 54.5 Å². The first-order valence-corrected chi connectivity index (χ1v) is 7.03. The fraction of sp³-hybridized carbons (Fsp3) is 0.125. The summed E-state index contributed by atoms with van der Waals surface area (Å²) in [6.45, 7) is 2.00. The molecule has 3 aromatic rings. The Morgan fingerprint density at radius 3 is 2.87 bits per heavy atom. The molecule has 7 nitrogen and oxygen atoms in total. The molecule has 0 saturated heterocycles. The lowest BCUT2D eigenvalue weighted by Gasteiger charge is -2.03. The fourth-order valence-corrected chi connectivity index (χ4v) is 1.96. The van der Waals surface area contributed by atoms with Gasteiger partial charge in [-0.15, -0.1) is 0 Å². The number of nitrogens with zero attached hydrogens (tertiary/aromatic N) is 3. The van der Waals surface area contributed by atoms with Gasteiger partial charge in [-0.25, -0.2) is 9.78 Å². The average Bonchev–Trinajstić information content (AvgIpc) is 3.25. The standard InChI is InChI=1S/C16H14N4O3/c1-2-22-16(21)13(10-12-4-3-9-23-12)15-18-14(19-20-15)11-5-7-17-8-6-11/h3-10H,2H2,1H3,(H,18,19,20)/b13-10+. The first kappa shape index (κ1) is 14.7. The first-order chi connectivity index (χ1) is 11.3. The van der Waals surface area contributed by atoms with Gasteiger partial charge < -0.3 is 9.15 Å². The Labute approximate surface area is 132 Å². The van der Waals surface area contributed by atoms with Crippen molar-refractivity contribution in [1.82, 2.24) is 20.2 Å². The Morgan fingerprint density at radius 2 is 2.17 bits per heavy atom. The molecular formula is C16H14N4O3. The highest BCUT2D eigenvalue weighted by molar-refractivity contribution is 6.20. The maximum absolute atomic E-state index is 12.2. The molecule has 3 heterocycles. The molecule has 116 valence electrons. The quantitative estimate of drug-likeness (QED) is 0.575. The molecule has 0 spiro atoms. The SMILES string of the molecule is CCOC(=O)/C(=C/c1ccco1)c1nc(-c2ccncc2)n[nH]1. The summed E-state index contributed by atoms with van der Waals surface area (Å²) in [6, 6.07) is 7.04. The molecule has 0 aliphatic rings. The maximum Gasteiger partial charge on any atom is 0.342 e. The van der Waals surface area contributed by atoms with Crippen LogP contribution in [0.2, 0.25) is 0 Å². The molecule has 23 heavy (non-hydrogen) atoms. The molecular weight excluding hydrogens is 296 g/mol. The van der Waals surface area contributed by atoms with Gasteiger partial charge >= 0.3 is 5.97 Å². The maximum atomic E-state index is 12.2. The number of hydrogen-bond acceptors (Lipinski definition) is 6. The summed E-state index contributed by atoms with van der Waals surface area (Å²) in [5.41, 5.74) is 1.04. The van der Waals surface area contributed by atoms with Crippen LogP contribution in [0, 0.1) is 0 Å². The molecule has 3 rings (SSSR count). The Hall–Kier alpha value is -3.22. The third-order valence-electron chi connectivity index (χ3n) is 3.00. The van der Waals surface area contributed by atoms with Crippen molar-refractivity contribution in [3.63, 3.8) is 0 Å². The van der Waals surface area contributed by atoms with E-state index in [2.05, 4.69) is 20.2 Å². The van der Waals surface area contributed by atoms with E-state index in [0.29, 0.717) is 17.4 Å². The second kappa shape index (κ2) is 6.69. The zero-order chi connectivity index (χ0) is 16.1. The number of hydrogen-bond donors (Lipinski definition) is 1. The zero-order valence-corrected chi connectivity index (χ0v) is 12.4. The Balaban J connectivity index is 1.97. The number of H-pyrrole nitrogens is 1. The van der Waals surface area contributed by atoms with E-state index in [1.165, 1.54) is 6.26 Å². The van der Waals surface area contributed by atoms with Gasteiger partial charge in [-0.1, -0.05) is 0 Å². The van der Waals surface area contributed by atoms with Gasteiger partial charge in [-0.05, 0) is 37.3 Å². The van der Waals surface area contributed by atoms with Crippen LogP contribution in [0.4, 0.5) is 0 Å². The number of nitrogens with one attached hydrogen (secondary N) is 1. The van der Waals surface area contributed by atoms with Gasteiger partial charge in [-0.2, -0.15) is 5.10 Å². The predicted octanol–water partition coefficient (Wildman–Crippen LogP) is 2.56. The van der Waals surface area contributed by atoms with Gasteiger partial charge in [0.15, 0.2) is 11.6 Å². The molecule has 3 aromatic heterocycles. The molecule has 0 aliphatic heterocycles. The molecule has 0 fully saturated rings. The molecule has 1 N–H and O–H groups in total. The summed E-state index contributed by atoms with van der Waals surface area (Å²) in [5, 5.41) is 6.90. The molecule has 0 unspecified atom stereocenters. The van der Waals surface area contributed by atoms with E-state index in [4.69, 9.17) is 9.15 Å². The molecule has 0 atom stereocenters. The van der Waals surface area contributed by atoms with Crippen molar-refractivity contribution in [3.8, 4) is 11.4 Å². The highest BCUT2D eigenvalue weighted by Crippen LogP contribution is 2.20. The highest BCUT2D eigenvalue weighted by Gasteiger charge is 2.19. The molecule has 0 bridgehead atoms. The number of esters is 1. The third-order valence-corrected chi connectivity index (χ3v) is 3.00. The Morgan fingerprint density at radius 1 is 1.35 bits per heavy atom. The lowest BCUT2D eigenvalue weighted by molar-refractivity contribution is -0.136. The van der Waals surface area contributed by atoms with Crippen molar-refractivity contribution < 1.29 is 13.9 Å². The van der Waals surface area contributed by atoms with Crippen molar-refractivity contribution >= 4 is 17.6 Å². The number of carbonyl (C=O) groups is 1. The van der Waals surface area contributed by atoms with Crippen LogP contribution in [0.3, 0.4) is 0 Å². The summed E-state index contributed by atoms with van der Waals surface area (Å²) < 4.78 is 10.3. The van der Waals surface area contributed by atoms with E-state index in [-0.39, 0.29) is 12.2 Å². The van der Waals surface area contributed by atoms with Crippen LogP contribution in [-0.4, -0.2) is 32.7 Å². The first-order valence-electron chi connectivity index (χ1n) is 7.03. The second-order valence-corrected chi connectivity index (χ2v) is 4.54. The third kappa shape index (κ3) is 3.34. The van der Waals surface area contributed by atoms with E-state index in [0.717, 1.165) is 5.56 Å². The number of carbonyl (C=O) groups excluding carboxylic acids is 1. The largest absolute Gasteiger partial charge is 0.465 e. The number of ether oxygens (including phenoxy) is 1. The van der Waals surface area contributed by atoms with E-state index in [9.17, 15) is 4.79 Å². The summed E-state index contributed by atoms with van der Waals surface area (Å²) in [4.78, 5) is 20.5. The van der Waals surface area contributed by atoms with Crippen LogP contribution >= 0.6 is 0 Å². The zero-order valence-electron chi connectivity index (χ0n) is 12.4. The minimum absolute atomic E-state index is 0.245. The normalized spacial score (nSPS) is 11.4. The minimum atomic E-state index is -0.499. The summed E-state index contributed by atoms with van der Waals surface area (Å²) in [7, 11) is 0. The lowest BCUT2D eigenvalue weighted by atomic mass is 10.2. The van der Waals surface area contributed by atoms with E-state index in [1.807, 2.05) is 0 Å². The molecule has 0 saturated carbocycles. The Bertz CT molecular complexity index is 807. The van der Waals surface area contributed by atoms with Gasteiger partial charge in [0.05, 0.1) is 12.9 Å². The van der Waals surface area contributed by atoms with Crippen LogP contribution in [0.25, 0.3) is 23.0 Å². The molecule has 7 heteroatoms. The van der Waals surface area contributed by atoms with Gasteiger partial charge in [-0.3, -0.25) is 10.1 Å². The van der Waals surface area contributed by atoms with Crippen molar-refractivity contribution in [1.29, 1.82) is 0 Å². The van der Waals surface area contributed by atoms with Crippen LogP contribution in [0.1, 0.15) is 18.5 Å². The van der Waals surface area contributed by atoms with Gasteiger partial charge in [0, 0.05) is 18.0 Å². The van der Waals surface area contributed by atoms with E-state index >= 15 is 0 Å². The van der Waals surface area contributed by atoms with Crippen LogP contribution in [0.15, 0.2) is 47.3 Å².